The summed E-state index contributed by atoms with van der Waals surface area (Å²) in [4.78, 5) is 1.27. The molecule has 2 nitrogen and oxygen atoms in total. The Hall–Kier alpha value is -1.39. The minimum atomic E-state index is -0.202. The molecule has 1 aromatic carbocycles. The minimum absolute atomic E-state index is 0.0531. The monoisotopic (exact) mass is 305 g/mol. The number of nitrogens with one attached hydrogen (secondary N) is 1. The van der Waals surface area contributed by atoms with E-state index in [0.29, 0.717) is 0 Å². The van der Waals surface area contributed by atoms with Crippen molar-refractivity contribution in [2.75, 3.05) is 6.54 Å². The fourth-order valence-corrected chi connectivity index (χ4v) is 3.80. The van der Waals surface area contributed by atoms with Gasteiger partial charge in [0.25, 0.3) is 0 Å². The van der Waals surface area contributed by atoms with Crippen LogP contribution >= 0.6 is 11.3 Å². The highest BCUT2D eigenvalue weighted by Gasteiger charge is 2.30. The summed E-state index contributed by atoms with van der Waals surface area (Å²) in [6, 6.07) is 7.09. The first kappa shape index (κ1) is 14.5. The maximum Gasteiger partial charge on any atom is 0.135 e. The van der Waals surface area contributed by atoms with E-state index in [1.165, 1.54) is 16.5 Å². The SMILES string of the molecule is CCCNC1CC(c2sccc2C)Oc2ccc(F)cc21. The molecule has 0 fully saturated rings. The van der Waals surface area contributed by atoms with Crippen molar-refractivity contribution in [3.05, 3.63) is 51.5 Å². The van der Waals surface area contributed by atoms with Gasteiger partial charge in [-0.2, -0.15) is 0 Å². The Morgan fingerprint density at radius 1 is 1.38 bits per heavy atom. The van der Waals surface area contributed by atoms with Crippen LogP contribution in [0.2, 0.25) is 0 Å². The van der Waals surface area contributed by atoms with Crippen molar-refractivity contribution in [2.45, 2.75) is 38.8 Å². The van der Waals surface area contributed by atoms with E-state index in [1.54, 1.807) is 23.5 Å². The first-order valence-electron chi connectivity index (χ1n) is 7.42. The minimum Gasteiger partial charge on any atom is -0.484 e. The number of halogens is 1. The fourth-order valence-electron chi connectivity index (χ4n) is 2.83. The third-order valence-electron chi connectivity index (χ3n) is 3.90. The molecule has 112 valence electrons. The molecule has 1 aliphatic rings. The predicted molar refractivity (Wildman–Crippen MR) is 84.5 cm³/mol. The van der Waals surface area contributed by atoms with Gasteiger partial charge < -0.3 is 10.1 Å². The number of fused-ring (bicyclic) bond motifs is 1. The van der Waals surface area contributed by atoms with E-state index in [2.05, 4.69) is 30.6 Å². The zero-order valence-corrected chi connectivity index (χ0v) is 13.2. The Bertz CT molecular complexity index is 625. The van der Waals surface area contributed by atoms with Crippen molar-refractivity contribution in [3.63, 3.8) is 0 Å². The lowest BCUT2D eigenvalue weighted by molar-refractivity contribution is 0.154. The van der Waals surface area contributed by atoms with Gasteiger partial charge in [-0.3, -0.25) is 0 Å². The van der Waals surface area contributed by atoms with Crippen molar-refractivity contribution in [2.24, 2.45) is 0 Å². The van der Waals surface area contributed by atoms with E-state index in [0.717, 1.165) is 30.7 Å². The van der Waals surface area contributed by atoms with Crippen LogP contribution in [0.3, 0.4) is 0 Å². The number of hydrogen-bond acceptors (Lipinski definition) is 3. The van der Waals surface area contributed by atoms with Gasteiger partial charge >= 0.3 is 0 Å². The van der Waals surface area contributed by atoms with Crippen LogP contribution < -0.4 is 10.1 Å². The van der Waals surface area contributed by atoms with Crippen molar-refractivity contribution in [1.29, 1.82) is 0 Å². The van der Waals surface area contributed by atoms with Gasteiger partial charge in [0.15, 0.2) is 0 Å². The molecule has 0 aliphatic carbocycles. The van der Waals surface area contributed by atoms with E-state index in [4.69, 9.17) is 4.74 Å². The third-order valence-corrected chi connectivity index (χ3v) is 5.01. The second-order valence-corrected chi connectivity index (χ2v) is 6.45. The topological polar surface area (TPSA) is 21.3 Å². The smallest absolute Gasteiger partial charge is 0.135 e. The van der Waals surface area contributed by atoms with Crippen LogP contribution in [0, 0.1) is 12.7 Å². The predicted octanol–water partition coefficient (Wildman–Crippen LogP) is 4.76. The molecule has 2 heterocycles. The molecule has 0 bridgehead atoms. The molecule has 0 saturated carbocycles. The molecule has 2 atom stereocenters. The fraction of sp³-hybridized carbons (Fsp3) is 0.412. The van der Waals surface area contributed by atoms with Gasteiger partial charge in [-0.1, -0.05) is 6.92 Å². The quantitative estimate of drug-likeness (QED) is 0.879. The van der Waals surface area contributed by atoms with Gasteiger partial charge in [-0.05, 0) is 55.1 Å². The number of thiophene rings is 1. The molecule has 3 rings (SSSR count). The number of aryl methyl sites for hydroxylation is 1. The highest BCUT2D eigenvalue weighted by atomic mass is 32.1. The highest BCUT2D eigenvalue weighted by Crippen LogP contribution is 2.43. The van der Waals surface area contributed by atoms with Crippen molar-refractivity contribution in [1.82, 2.24) is 5.32 Å². The Morgan fingerprint density at radius 2 is 2.24 bits per heavy atom. The van der Waals surface area contributed by atoms with Gasteiger partial charge in [0.2, 0.25) is 0 Å². The molecule has 0 radical (unpaired) electrons. The Kier molecular flexibility index (Phi) is 4.27. The highest BCUT2D eigenvalue weighted by molar-refractivity contribution is 7.10. The summed E-state index contributed by atoms with van der Waals surface area (Å²) in [5, 5.41) is 5.62. The molecule has 0 saturated heterocycles. The third kappa shape index (κ3) is 2.97. The molecule has 4 heteroatoms. The molecule has 1 N–H and O–H groups in total. The molecule has 21 heavy (non-hydrogen) atoms. The normalized spacial score (nSPS) is 20.9. The average molecular weight is 305 g/mol. The van der Waals surface area contributed by atoms with Gasteiger partial charge in [0, 0.05) is 22.9 Å². The lowest BCUT2D eigenvalue weighted by Gasteiger charge is -2.33. The molecule has 1 aromatic heterocycles. The molecule has 2 unspecified atom stereocenters. The standard InChI is InChI=1S/C17H20FNOS/c1-3-7-19-14-10-16(17-11(2)6-8-21-17)20-15-5-4-12(18)9-13(14)15/h4-6,8-9,14,16,19H,3,7,10H2,1-2H3. The van der Waals surface area contributed by atoms with Gasteiger partial charge in [0.05, 0.1) is 0 Å². The van der Waals surface area contributed by atoms with E-state index in [9.17, 15) is 4.39 Å². The summed E-state index contributed by atoms with van der Waals surface area (Å²) in [5.41, 5.74) is 2.21. The first-order chi connectivity index (χ1) is 10.2. The van der Waals surface area contributed by atoms with Crippen LogP contribution in [0.5, 0.6) is 5.75 Å². The zero-order valence-electron chi connectivity index (χ0n) is 12.4. The molecule has 0 amide bonds. The van der Waals surface area contributed by atoms with Crippen LogP contribution in [-0.2, 0) is 0 Å². The van der Waals surface area contributed by atoms with Crippen LogP contribution in [0.4, 0.5) is 4.39 Å². The summed E-state index contributed by atoms with van der Waals surface area (Å²) in [6.45, 7) is 5.18. The van der Waals surface area contributed by atoms with Crippen LogP contribution in [0.15, 0.2) is 29.6 Å². The first-order valence-corrected chi connectivity index (χ1v) is 8.30. The molecular weight excluding hydrogens is 285 g/mol. The largest absolute Gasteiger partial charge is 0.484 e. The maximum absolute atomic E-state index is 13.5. The number of benzene rings is 1. The van der Waals surface area contributed by atoms with Crippen LogP contribution in [0.25, 0.3) is 0 Å². The van der Waals surface area contributed by atoms with Crippen molar-refractivity contribution < 1.29 is 9.13 Å². The van der Waals surface area contributed by atoms with E-state index >= 15 is 0 Å². The summed E-state index contributed by atoms with van der Waals surface area (Å²) in [7, 11) is 0. The second kappa shape index (κ2) is 6.16. The second-order valence-electron chi connectivity index (χ2n) is 5.50. The van der Waals surface area contributed by atoms with E-state index in [-0.39, 0.29) is 18.0 Å². The summed E-state index contributed by atoms with van der Waals surface area (Å²) < 4.78 is 19.7. The lowest BCUT2D eigenvalue weighted by atomic mass is 9.94. The van der Waals surface area contributed by atoms with Gasteiger partial charge in [0.1, 0.15) is 17.7 Å². The number of rotatable bonds is 4. The van der Waals surface area contributed by atoms with Crippen molar-refractivity contribution >= 4 is 11.3 Å². The average Bonchev–Trinajstić information content (AvgIpc) is 2.91. The van der Waals surface area contributed by atoms with Gasteiger partial charge in [-0.15, -0.1) is 11.3 Å². The molecular formula is C17H20FNOS. The van der Waals surface area contributed by atoms with E-state index < -0.39 is 0 Å². The zero-order chi connectivity index (χ0) is 14.8. The number of ether oxygens (including phenoxy) is 1. The van der Waals surface area contributed by atoms with Crippen LogP contribution in [-0.4, -0.2) is 6.54 Å². The number of hydrogen-bond donors (Lipinski definition) is 1. The summed E-state index contributed by atoms with van der Waals surface area (Å²) >= 11 is 1.73. The Labute approximate surface area is 129 Å². The molecule has 0 spiro atoms. The summed E-state index contributed by atoms with van der Waals surface area (Å²) in [6.07, 6.45) is 1.96. The van der Waals surface area contributed by atoms with Gasteiger partial charge in [-0.25, -0.2) is 4.39 Å². The van der Waals surface area contributed by atoms with Crippen molar-refractivity contribution in [3.8, 4) is 5.75 Å². The lowest BCUT2D eigenvalue weighted by Crippen LogP contribution is -2.29. The molecule has 1 aliphatic heterocycles. The Balaban J connectivity index is 1.92. The van der Waals surface area contributed by atoms with E-state index in [1.807, 2.05) is 0 Å². The Morgan fingerprint density at radius 3 is 2.95 bits per heavy atom. The molecule has 2 aromatic rings. The summed E-state index contributed by atoms with van der Waals surface area (Å²) in [5.74, 6) is 0.598. The van der Waals surface area contributed by atoms with Crippen LogP contribution in [0.1, 0.15) is 47.9 Å². The maximum atomic E-state index is 13.5.